The molecule has 1 saturated carbocycles. The van der Waals surface area contributed by atoms with Gasteiger partial charge in [-0.15, -0.1) is 0 Å². The van der Waals surface area contributed by atoms with Gasteiger partial charge in [0.2, 0.25) is 21.8 Å². The number of aryl methyl sites for hydroxylation is 1. The van der Waals surface area contributed by atoms with E-state index in [1.54, 1.807) is 36.1 Å². The third kappa shape index (κ3) is 8.75. The highest BCUT2D eigenvalue weighted by Crippen LogP contribution is 2.22. The molecule has 2 aromatic rings. The molecule has 2 amide bonds. The van der Waals surface area contributed by atoms with Crippen LogP contribution in [0.4, 0.5) is 5.69 Å². The Balaban J connectivity index is 1.70. The van der Waals surface area contributed by atoms with Gasteiger partial charge in [-0.2, -0.15) is 0 Å². The average molecular weight is 548 g/mol. The first-order valence-electron chi connectivity index (χ1n) is 12.9. The van der Waals surface area contributed by atoms with Gasteiger partial charge in [-0.3, -0.25) is 13.9 Å². The molecule has 2 aromatic carbocycles. The van der Waals surface area contributed by atoms with Crippen LogP contribution in [0.2, 0.25) is 5.02 Å². The van der Waals surface area contributed by atoms with Crippen molar-refractivity contribution < 1.29 is 18.0 Å². The van der Waals surface area contributed by atoms with Crippen LogP contribution in [0.25, 0.3) is 0 Å². The van der Waals surface area contributed by atoms with Crippen LogP contribution in [-0.4, -0.2) is 50.0 Å². The van der Waals surface area contributed by atoms with Gasteiger partial charge in [0.25, 0.3) is 0 Å². The maximum Gasteiger partial charge on any atom is 0.242 e. The number of nitrogens with zero attached hydrogens (tertiary/aromatic N) is 2. The first-order valence-corrected chi connectivity index (χ1v) is 15.2. The molecule has 3 rings (SSSR count). The molecular weight excluding hydrogens is 510 g/mol. The molecule has 37 heavy (non-hydrogen) atoms. The van der Waals surface area contributed by atoms with Gasteiger partial charge in [0, 0.05) is 30.6 Å². The molecule has 0 unspecified atom stereocenters. The Morgan fingerprint density at radius 3 is 2.24 bits per heavy atom. The lowest BCUT2D eigenvalue weighted by atomic mass is 9.95. The fraction of sp³-hybridized carbons (Fsp3) is 0.500. The highest BCUT2D eigenvalue weighted by molar-refractivity contribution is 7.92. The zero-order valence-corrected chi connectivity index (χ0v) is 23.5. The molecule has 0 spiro atoms. The summed E-state index contributed by atoms with van der Waals surface area (Å²) in [5.41, 5.74) is 2.55. The number of hydrogen-bond donors (Lipinski definition) is 1. The quantitative estimate of drug-likeness (QED) is 0.426. The fourth-order valence-electron chi connectivity index (χ4n) is 4.65. The Morgan fingerprint density at radius 1 is 1.03 bits per heavy atom. The standard InChI is InChI=1S/C28H38ClN3O4S/c1-21-11-13-23(14-12-21)20-31(22(2)28(34)30-25-8-5-4-6-9-25)27(33)10-7-19-32(37(3,35)36)26-17-15-24(29)16-18-26/h11-18,22,25H,4-10,19-20H2,1-3H3,(H,30,34)/t22-/m1/s1. The Kier molecular flexibility index (Phi) is 10.4. The first kappa shape index (κ1) is 29.0. The van der Waals surface area contributed by atoms with Gasteiger partial charge in [-0.25, -0.2) is 8.42 Å². The van der Waals surface area contributed by atoms with Crippen molar-refractivity contribution >= 4 is 39.1 Å². The van der Waals surface area contributed by atoms with Crippen molar-refractivity contribution in [2.24, 2.45) is 0 Å². The van der Waals surface area contributed by atoms with Gasteiger partial charge in [-0.05, 0) is 62.9 Å². The van der Waals surface area contributed by atoms with Crippen LogP contribution >= 0.6 is 11.6 Å². The fourth-order valence-corrected chi connectivity index (χ4v) is 5.74. The summed E-state index contributed by atoms with van der Waals surface area (Å²) in [6.45, 7) is 4.22. The summed E-state index contributed by atoms with van der Waals surface area (Å²) in [4.78, 5) is 28.2. The van der Waals surface area contributed by atoms with E-state index in [1.807, 2.05) is 31.2 Å². The Bertz CT molecular complexity index is 1150. The number of hydrogen-bond acceptors (Lipinski definition) is 4. The van der Waals surface area contributed by atoms with Gasteiger partial charge in [0.15, 0.2) is 0 Å². The lowest BCUT2D eigenvalue weighted by molar-refractivity contribution is -0.141. The summed E-state index contributed by atoms with van der Waals surface area (Å²) in [6, 6.07) is 14.0. The predicted molar refractivity (Wildman–Crippen MR) is 149 cm³/mol. The van der Waals surface area contributed by atoms with E-state index in [0.717, 1.165) is 43.1 Å². The Labute approximate surface area is 226 Å². The molecule has 0 aliphatic heterocycles. The van der Waals surface area contributed by atoms with Crippen LogP contribution in [0.1, 0.15) is 63.0 Å². The van der Waals surface area contributed by atoms with Gasteiger partial charge in [0.1, 0.15) is 6.04 Å². The molecule has 1 fully saturated rings. The molecule has 7 nitrogen and oxygen atoms in total. The van der Waals surface area contributed by atoms with Gasteiger partial charge < -0.3 is 10.2 Å². The molecule has 0 bridgehead atoms. The van der Waals surface area contributed by atoms with Crippen LogP contribution < -0.4 is 9.62 Å². The monoisotopic (exact) mass is 547 g/mol. The highest BCUT2D eigenvalue weighted by Gasteiger charge is 2.28. The van der Waals surface area contributed by atoms with Gasteiger partial charge in [-0.1, -0.05) is 60.7 Å². The van der Waals surface area contributed by atoms with E-state index in [1.165, 1.54) is 10.7 Å². The summed E-state index contributed by atoms with van der Waals surface area (Å²) >= 11 is 5.95. The third-order valence-corrected chi connectivity index (χ3v) is 8.31. The van der Waals surface area contributed by atoms with Gasteiger partial charge in [0.05, 0.1) is 11.9 Å². The minimum atomic E-state index is -3.55. The molecule has 202 valence electrons. The zero-order valence-electron chi connectivity index (χ0n) is 22.0. The van der Waals surface area contributed by atoms with E-state index in [0.29, 0.717) is 23.7 Å². The first-order chi connectivity index (χ1) is 17.5. The lowest BCUT2D eigenvalue weighted by Gasteiger charge is -2.31. The van der Waals surface area contributed by atoms with Crippen molar-refractivity contribution in [3.05, 3.63) is 64.7 Å². The average Bonchev–Trinajstić information content (AvgIpc) is 2.86. The number of amides is 2. The van der Waals surface area contributed by atoms with Crippen LogP contribution in [0, 0.1) is 6.92 Å². The van der Waals surface area contributed by atoms with Crippen LogP contribution in [-0.2, 0) is 26.2 Å². The number of halogens is 1. The molecule has 1 aliphatic carbocycles. The van der Waals surface area contributed by atoms with Gasteiger partial charge >= 0.3 is 0 Å². The van der Waals surface area contributed by atoms with Crippen molar-refractivity contribution in [1.29, 1.82) is 0 Å². The molecule has 1 aliphatic rings. The molecular formula is C28H38ClN3O4S. The summed E-state index contributed by atoms with van der Waals surface area (Å²) in [5.74, 6) is -0.331. The molecule has 0 radical (unpaired) electrons. The number of carbonyl (C=O) groups excluding carboxylic acids is 2. The Morgan fingerprint density at radius 2 is 1.65 bits per heavy atom. The largest absolute Gasteiger partial charge is 0.352 e. The van der Waals surface area contributed by atoms with Crippen LogP contribution in [0.15, 0.2) is 48.5 Å². The van der Waals surface area contributed by atoms with Crippen LogP contribution in [0.5, 0.6) is 0 Å². The molecule has 1 atom stereocenters. The summed E-state index contributed by atoms with van der Waals surface area (Å²) in [6.07, 6.45) is 6.92. The summed E-state index contributed by atoms with van der Waals surface area (Å²) in [7, 11) is -3.55. The number of rotatable bonds is 11. The predicted octanol–water partition coefficient (Wildman–Crippen LogP) is 5.06. The van der Waals surface area contributed by atoms with Crippen molar-refractivity contribution in [2.75, 3.05) is 17.1 Å². The number of nitrogens with one attached hydrogen (secondary N) is 1. The number of anilines is 1. The van der Waals surface area contributed by atoms with Crippen LogP contribution in [0.3, 0.4) is 0 Å². The van der Waals surface area contributed by atoms with Crippen molar-refractivity contribution in [1.82, 2.24) is 10.2 Å². The van der Waals surface area contributed by atoms with Crippen molar-refractivity contribution in [3.8, 4) is 0 Å². The summed E-state index contributed by atoms with van der Waals surface area (Å²) < 4.78 is 26.1. The maximum atomic E-state index is 13.4. The normalized spacial score (nSPS) is 15.1. The molecule has 0 saturated heterocycles. The molecule has 0 heterocycles. The number of carbonyl (C=O) groups is 2. The number of sulfonamides is 1. The second-order valence-corrected chi connectivity index (χ2v) is 12.3. The van der Waals surface area contributed by atoms with E-state index >= 15 is 0 Å². The second kappa shape index (κ2) is 13.3. The molecule has 9 heteroatoms. The topological polar surface area (TPSA) is 86.8 Å². The second-order valence-electron chi connectivity index (χ2n) is 9.94. The molecule has 1 N–H and O–H groups in total. The Hall–Kier alpha value is -2.58. The smallest absolute Gasteiger partial charge is 0.242 e. The lowest BCUT2D eigenvalue weighted by Crippen LogP contribution is -2.50. The van der Waals surface area contributed by atoms with E-state index in [2.05, 4.69) is 5.32 Å². The minimum absolute atomic E-state index is 0.118. The summed E-state index contributed by atoms with van der Waals surface area (Å²) in [5, 5.41) is 3.65. The maximum absolute atomic E-state index is 13.4. The van der Waals surface area contributed by atoms with E-state index in [4.69, 9.17) is 11.6 Å². The van der Waals surface area contributed by atoms with E-state index < -0.39 is 16.1 Å². The SMILES string of the molecule is Cc1ccc(CN(C(=O)CCCN(c2ccc(Cl)cc2)S(C)(=O)=O)[C@H](C)C(=O)NC2CCCCC2)cc1. The minimum Gasteiger partial charge on any atom is -0.352 e. The zero-order chi connectivity index (χ0) is 27.0. The van der Waals surface area contributed by atoms with Crippen molar-refractivity contribution in [3.63, 3.8) is 0 Å². The molecule has 0 aromatic heterocycles. The van der Waals surface area contributed by atoms with Crippen molar-refractivity contribution in [2.45, 2.75) is 77.4 Å². The third-order valence-electron chi connectivity index (χ3n) is 6.86. The number of benzene rings is 2. The highest BCUT2D eigenvalue weighted by atomic mass is 35.5. The van der Waals surface area contributed by atoms with E-state index in [9.17, 15) is 18.0 Å². The van der Waals surface area contributed by atoms with E-state index in [-0.39, 0.29) is 30.8 Å².